The molecule has 1 amide bonds. The van der Waals surface area contributed by atoms with Crippen molar-refractivity contribution in [2.24, 2.45) is 0 Å². The summed E-state index contributed by atoms with van der Waals surface area (Å²) in [4.78, 5) is 25.4. The molecule has 3 rings (SSSR count). The maximum atomic E-state index is 12.7. The van der Waals surface area contributed by atoms with Gasteiger partial charge >= 0.3 is 0 Å². The molecule has 134 valence electrons. The number of H-pyrrole nitrogens is 1. The first-order chi connectivity index (χ1) is 12.2. The van der Waals surface area contributed by atoms with E-state index in [0.717, 1.165) is 50.7 Å². The Bertz CT molecular complexity index is 717. The van der Waals surface area contributed by atoms with Crippen molar-refractivity contribution >= 4 is 5.91 Å². The van der Waals surface area contributed by atoms with Crippen LogP contribution in [0.25, 0.3) is 0 Å². The smallest absolute Gasteiger partial charge is 0.254 e. The number of ether oxygens (including phenoxy) is 1. The molecule has 1 aliphatic heterocycles. The Labute approximate surface area is 147 Å². The Kier molecular flexibility index (Phi) is 5.60. The number of rotatable bonds is 5. The van der Waals surface area contributed by atoms with Crippen LogP contribution in [0.2, 0.25) is 0 Å². The van der Waals surface area contributed by atoms with E-state index in [4.69, 9.17) is 4.74 Å². The van der Waals surface area contributed by atoms with Gasteiger partial charge in [-0.15, -0.1) is 0 Å². The van der Waals surface area contributed by atoms with Crippen molar-refractivity contribution in [3.05, 3.63) is 35.5 Å². The van der Waals surface area contributed by atoms with Gasteiger partial charge in [0.2, 0.25) is 5.88 Å². The summed E-state index contributed by atoms with van der Waals surface area (Å²) in [6, 6.07) is 3.42. The molecule has 8 nitrogen and oxygen atoms in total. The Hall–Kier alpha value is -2.48. The summed E-state index contributed by atoms with van der Waals surface area (Å²) in [6.07, 6.45) is 3.36. The maximum absolute atomic E-state index is 12.7. The lowest BCUT2D eigenvalue weighted by Crippen LogP contribution is -2.35. The first-order valence-corrected chi connectivity index (χ1v) is 8.61. The molecule has 0 unspecified atom stereocenters. The van der Waals surface area contributed by atoms with Crippen molar-refractivity contribution < 1.29 is 9.53 Å². The molecule has 0 saturated carbocycles. The van der Waals surface area contributed by atoms with Gasteiger partial charge in [-0.1, -0.05) is 6.92 Å². The lowest BCUT2D eigenvalue weighted by molar-refractivity contribution is 0.0760. The molecule has 3 heterocycles. The molecule has 1 aliphatic rings. The number of hydrogen-bond acceptors (Lipinski definition) is 6. The fourth-order valence-electron chi connectivity index (χ4n) is 2.94. The fraction of sp³-hybridized carbons (Fsp3) is 0.529. The molecule has 0 bridgehead atoms. The number of aromatic nitrogens is 4. The van der Waals surface area contributed by atoms with Gasteiger partial charge in [-0.05, 0) is 12.5 Å². The van der Waals surface area contributed by atoms with Gasteiger partial charge in [0.25, 0.3) is 5.91 Å². The molecule has 2 aromatic heterocycles. The van der Waals surface area contributed by atoms with Gasteiger partial charge < -0.3 is 9.64 Å². The summed E-state index contributed by atoms with van der Waals surface area (Å²) in [5.41, 5.74) is 0.614. The van der Waals surface area contributed by atoms with E-state index in [2.05, 4.69) is 25.1 Å². The molecule has 25 heavy (non-hydrogen) atoms. The largest absolute Gasteiger partial charge is 0.481 e. The molecule has 0 aliphatic carbocycles. The average molecular weight is 344 g/mol. The summed E-state index contributed by atoms with van der Waals surface area (Å²) in [7, 11) is 1.55. The van der Waals surface area contributed by atoms with Crippen LogP contribution in [0.5, 0.6) is 5.88 Å². The minimum Gasteiger partial charge on any atom is -0.481 e. The van der Waals surface area contributed by atoms with E-state index in [1.807, 2.05) is 11.8 Å². The molecule has 0 atom stereocenters. The van der Waals surface area contributed by atoms with Crippen LogP contribution in [-0.4, -0.2) is 69.2 Å². The van der Waals surface area contributed by atoms with Crippen molar-refractivity contribution in [2.75, 3.05) is 33.3 Å². The first kappa shape index (κ1) is 17.3. The Morgan fingerprint density at radius 1 is 1.32 bits per heavy atom. The summed E-state index contributed by atoms with van der Waals surface area (Å²) in [5.74, 6) is 2.21. The topological polar surface area (TPSA) is 87.2 Å². The SMILES string of the molecule is CCc1n[nH]c(CN2CCCN(C(=O)c3ccnc(OC)c3)CC2)n1. The zero-order valence-electron chi connectivity index (χ0n) is 14.7. The average Bonchev–Trinajstić information content (AvgIpc) is 2.98. The third-order valence-corrected chi connectivity index (χ3v) is 4.33. The van der Waals surface area contributed by atoms with Crippen LogP contribution in [0.3, 0.4) is 0 Å². The monoisotopic (exact) mass is 344 g/mol. The number of aryl methyl sites for hydroxylation is 1. The zero-order chi connectivity index (χ0) is 17.6. The fourth-order valence-corrected chi connectivity index (χ4v) is 2.94. The number of nitrogens with zero attached hydrogens (tertiary/aromatic N) is 5. The van der Waals surface area contributed by atoms with Gasteiger partial charge in [0, 0.05) is 50.4 Å². The highest BCUT2D eigenvalue weighted by atomic mass is 16.5. The third-order valence-electron chi connectivity index (χ3n) is 4.33. The number of aromatic amines is 1. The molecular formula is C17H24N6O2. The summed E-state index contributed by atoms with van der Waals surface area (Å²) < 4.78 is 5.11. The van der Waals surface area contributed by atoms with Crippen LogP contribution in [0.4, 0.5) is 0 Å². The Balaban J connectivity index is 1.59. The van der Waals surface area contributed by atoms with Crippen LogP contribution in [0, 0.1) is 0 Å². The van der Waals surface area contributed by atoms with E-state index in [1.54, 1.807) is 25.4 Å². The molecule has 2 aromatic rings. The molecule has 0 spiro atoms. The van der Waals surface area contributed by atoms with Crippen molar-refractivity contribution in [3.63, 3.8) is 0 Å². The molecule has 0 aromatic carbocycles. The number of pyridine rings is 1. The van der Waals surface area contributed by atoms with Crippen molar-refractivity contribution in [1.82, 2.24) is 30.0 Å². The number of methoxy groups -OCH3 is 1. The normalized spacial score (nSPS) is 15.8. The highest BCUT2D eigenvalue weighted by Crippen LogP contribution is 2.14. The zero-order valence-corrected chi connectivity index (χ0v) is 14.7. The first-order valence-electron chi connectivity index (χ1n) is 8.61. The molecule has 8 heteroatoms. The highest BCUT2D eigenvalue weighted by molar-refractivity contribution is 5.94. The van der Waals surface area contributed by atoms with Crippen molar-refractivity contribution in [1.29, 1.82) is 0 Å². The van der Waals surface area contributed by atoms with E-state index < -0.39 is 0 Å². The molecule has 1 fully saturated rings. The van der Waals surface area contributed by atoms with Crippen LogP contribution in [0.1, 0.15) is 35.4 Å². The van der Waals surface area contributed by atoms with Gasteiger partial charge in [-0.3, -0.25) is 14.8 Å². The van der Waals surface area contributed by atoms with Gasteiger partial charge in [-0.25, -0.2) is 9.97 Å². The number of carbonyl (C=O) groups excluding carboxylic acids is 1. The van der Waals surface area contributed by atoms with Gasteiger partial charge in [-0.2, -0.15) is 5.10 Å². The second-order valence-corrected chi connectivity index (χ2v) is 6.06. The van der Waals surface area contributed by atoms with Crippen LogP contribution in [0.15, 0.2) is 18.3 Å². The summed E-state index contributed by atoms with van der Waals surface area (Å²) >= 11 is 0. The van der Waals surface area contributed by atoms with Crippen molar-refractivity contribution in [2.45, 2.75) is 26.3 Å². The standard InChI is InChI=1S/C17H24N6O2/c1-3-14-19-15(21-20-14)12-22-7-4-8-23(10-9-22)17(24)13-5-6-18-16(11-13)25-2/h5-6,11H,3-4,7-10,12H2,1-2H3,(H,19,20,21). The predicted molar refractivity (Wildman–Crippen MR) is 92.3 cm³/mol. The van der Waals surface area contributed by atoms with Gasteiger partial charge in [0.05, 0.1) is 13.7 Å². The van der Waals surface area contributed by atoms with Crippen molar-refractivity contribution in [3.8, 4) is 5.88 Å². The van der Waals surface area contributed by atoms with E-state index in [9.17, 15) is 4.79 Å². The molecule has 0 radical (unpaired) electrons. The van der Waals surface area contributed by atoms with Crippen LogP contribution < -0.4 is 4.74 Å². The summed E-state index contributed by atoms with van der Waals surface area (Å²) in [5, 5.41) is 7.17. The van der Waals surface area contributed by atoms with E-state index >= 15 is 0 Å². The minimum atomic E-state index is 0.0236. The van der Waals surface area contributed by atoms with Gasteiger partial charge in [0.1, 0.15) is 11.6 Å². The minimum absolute atomic E-state index is 0.0236. The third kappa shape index (κ3) is 4.33. The maximum Gasteiger partial charge on any atom is 0.254 e. The molecule has 1 N–H and O–H groups in total. The van der Waals surface area contributed by atoms with Crippen LogP contribution >= 0.6 is 0 Å². The lowest BCUT2D eigenvalue weighted by Gasteiger charge is -2.21. The number of hydrogen-bond donors (Lipinski definition) is 1. The number of carbonyl (C=O) groups is 1. The number of amides is 1. The second kappa shape index (κ2) is 8.06. The number of nitrogens with one attached hydrogen (secondary N) is 1. The summed E-state index contributed by atoms with van der Waals surface area (Å²) in [6.45, 7) is 5.96. The van der Waals surface area contributed by atoms with Gasteiger partial charge in [0.15, 0.2) is 0 Å². The van der Waals surface area contributed by atoms with E-state index in [1.165, 1.54) is 0 Å². The van der Waals surface area contributed by atoms with E-state index in [0.29, 0.717) is 18.0 Å². The highest BCUT2D eigenvalue weighted by Gasteiger charge is 2.21. The van der Waals surface area contributed by atoms with E-state index in [-0.39, 0.29) is 5.91 Å². The Morgan fingerprint density at radius 3 is 2.96 bits per heavy atom. The predicted octanol–water partition coefficient (Wildman–Crippen LogP) is 1.12. The lowest BCUT2D eigenvalue weighted by atomic mass is 10.2. The molecule has 1 saturated heterocycles. The second-order valence-electron chi connectivity index (χ2n) is 6.06. The molecular weight excluding hydrogens is 320 g/mol. The Morgan fingerprint density at radius 2 is 2.20 bits per heavy atom. The quantitative estimate of drug-likeness (QED) is 0.874. The van der Waals surface area contributed by atoms with Crippen LogP contribution in [-0.2, 0) is 13.0 Å².